The Balaban J connectivity index is -0.000000157. The Morgan fingerprint density at radius 3 is 1.43 bits per heavy atom. The third kappa shape index (κ3) is 34.5. The van der Waals surface area contributed by atoms with E-state index >= 15 is 0 Å². The summed E-state index contributed by atoms with van der Waals surface area (Å²) in [5.41, 5.74) is 0. The van der Waals surface area contributed by atoms with Gasteiger partial charge in [0.2, 0.25) is 0 Å². The van der Waals surface area contributed by atoms with E-state index in [9.17, 15) is 22.8 Å². The van der Waals surface area contributed by atoms with Crippen LogP contribution in [0.5, 0.6) is 0 Å². The van der Waals surface area contributed by atoms with Gasteiger partial charge in [0.15, 0.2) is 5.25 Å². The zero-order chi connectivity index (χ0) is 29.1. The number of unbranched alkanes of at least 4 members (excludes halogenated alkanes) is 14. The summed E-state index contributed by atoms with van der Waals surface area (Å²) in [5.74, 6) is -2.61. The van der Waals surface area contributed by atoms with Gasteiger partial charge in [-0.05, 0) is 19.3 Å². The molecule has 0 bridgehead atoms. The molecule has 0 aliphatic carbocycles. The predicted octanol–water partition coefficient (Wildman–Crippen LogP) is 1.10. The zero-order valence-corrected chi connectivity index (χ0v) is 30.9. The molecule has 1 unspecified atom stereocenters. The normalized spacial score (nSPS) is 11.2. The van der Waals surface area contributed by atoms with Crippen molar-refractivity contribution in [1.29, 1.82) is 0 Å². The second-order valence-corrected chi connectivity index (χ2v) is 11.3. The van der Waals surface area contributed by atoms with Crippen LogP contribution in [0.15, 0.2) is 0 Å². The summed E-state index contributed by atoms with van der Waals surface area (Å²) in [6.45, 7) is 6.55. The number of aliphatic carboxylic acids is 1. The predicted molar refractivity (Wildman–Crippen MR) is 152 cm³/mol. The van der Waals surface area contributed by atoms with E-state index in [1.807, 2.05) is 6.92 Å². The summed E-state index contributed by atoms with van der Waals surface area (Å²) in [4.78, 5) is 33.7. The molecule has 40 heavy (non-hydrogen) atoms. The Morgan fingerprint density at radius 2 is 1.02 bits per heavy atom. The molecule has 0 radical (unpaired) electrons. The van der Waals surface area contributed by atoms with Crippen LogP contribution in [0.3, 0.4) is 0 Å². The van der Waals surface area contributed by atoms with Gasteiger partial charge in [-0.25, -0.2) is 0 Å². The number of esters is 2. The summed E-state index contributed by atoms with van der Waals surface area (Å²) >= 11 is 0. The minimum atomic E-state index is -4.72. The second-order valence-electron chi connectivity index (χ2n) is 9.69. The van der Waals surface area contributed by atoms with Crippen molar-refractivity contribution in [3.63, 3.8) is 0 Å². The molecular formula is C28H56Na2O9S. The van der Waals surface area contributed by atoms with Crippen molar-refractivity contribution in [3.8, 4) is 0 Å². The van der Waals surface area contributed by atoms with Gasteiger partial charge in [0.25, 0.3) is 10.1 Å². The maximum atomic E-state index is 11.8. The first kappa shape index (κ1) is 47.3. The zero-order valence-electron chi connectivity index (χ0n) is 28.1. The van der Waals surface area contributed by atoms with Gasteiger partial charge in [0.05, 0.1) is 19.6 Å². The van der Waals surface area contributed by atoms with Gasteiger partial charge in [-0.3, -0.25) is 18.9 Å². The Morgan fingerprint density at radius 1 is 0.650 bits per heavy atom. The van der Waals surface area contributed by atoms with Crippen molar-refractivity contribution in [2.75, 3.05) is 13.2 Å². The smallest absolute Gasteiger partial charge is 1.00 e. The van der Waals surface area contributed by atoms with E-state index in [1.54, 1.807) is 0 Å². The maximum absolute atomic E-state index is 11.8. The molecule has 2 N–H and O–H groups in total. The standard InChI is InChI=1S/C16H30O7S.C12H24O2.2Na.2H/c1-3-5-7-9-11-22-15(17)13-14(24(19,20)21)16(18)23-12-10-8-6-4-2;1-2-3-4-5-6-7-8-9-10-11-12(13)14;;;;/h14H,3-13H2,1-2H3,(H,19,20,21);2-11H2,1H3,(H,13,14);;;;/q;;2*+1;2*-1. The summed E-state index contributed by atoms with van der Waals surface area (Å²) in [6.07, 6.45) is 17.9. The monoisotopic (exact) mass is 614 g/mol. The van der Waals surface area contributed by atoms with Crippen molar-refractivity contribution >= 4 is 28.0 Å². The average molecular weight is 615 g/mol. The number of carboxylic acid groups (broad SMARTS) is 1. The minimum Gasteiger partial charge on any atom is -1.00 e. The second kappa shape index (κ2) is 33.8. The summed E-state index contributed by atoms with van der Waals surface area (Å²) in [6, 6.07) is 0. The van der Waals surface area contributed by atoms with Gasteiger partial charge in [0.1, 0.15) is 0 Å². The van der Waals surface area contributed by atoms with Crippen LogP contribution in [0.25, 0.3) is 0 Å². The molecule has 0 aromatic rings. The first-order valence-electron chi connectivity index (χ1n) is 14.6. The van der Waals surface area contributed by atoms with Crippen molar-refractivity contribution in [3.05, 3.63) is 0 Å². The maximum Gasteiger partial charge on any atom is 1.00 e. The summed E-state index contributed by atoms with van der Waals surface area (Å²) in [5, 5.41) is 6.49. The quantitative estimate of drug-likeness (QED) is 0.0707. The first-order valence-corrected chi connectivity index (χ1v) is 16.1. The van der Waals surface area contributed by atoms with Crippen LogP contribution < -0.4 is 59.1 Å². The van der Waals surface area contributed by atoms with Gasteiger partial charge >= 0.3 is 77.0 Å². The third-order valence-electron chi connectivity index (χ3n) is 5.97. The van der Waals surface area contributed by atoms with E-state index in [2.05, 4.69) is 13.8 Å². The molecular weight excluding hydrogens is 558 g/mol. The van der Waals surface area contributed by atoms with Gasteiger partial charge < -0.3 is 17.4 Å². The molecule has 0 rings (SSSR count). The topological polar surface area (TPSA) is 144 Å². The fourth-order valence-electron chi connectivity index (χ4n) is 3.62. The largest absolute Gasteiger partial charge is 1.00 e. The van der Waals surface area contributed by atoms with Crippen LogP contribution >= 0.6 is 0 Å². The molecule has 230 valence electrons. The van der Waals surface area contributed by atoms with Crippen molar-refractivity contribution in [2.24, 2.45) is 0 Å². The molecule has 0 aliphatic heterocycles. The molecule has 0 aromatic carbocycles. The molecule has 1 atom stereocenters. The number of hydrogen-bond acceptors (Lipinski definition) is 7. The molecule has 0 spiro atoms. The first-order chi connectivity index (χ1) is 18.1. The Hall–Kier alpha value is 0.320. The fraction of sp³-hybridized carbons (Fsp3) is 0.893. The molecule has 0 aliphatic rings. The van der Waals surface area contributed by atoms with Crippen LogP contribution in [-0.4, -0.2) is 54.4 Å². The van der Waals surface area contributed by atoms with Crippen LogP contribution in [0.1, 0.15) is 146 Å². The number of ether oxygens (including phenoxy) is 2. The summed E-state index contributed by atoms with van der Waals surface area (Å²) in [7, 11) is -4.72. The van der Waals surface area contributed by atoms with Crippen molar-refractivity contribution in [2.45, 2.75) is 148 Å². The SMILES string of the molecule is CCCCCCCCCCCC(=O)O.CCCCCCOC(=O)CC(C(=O)OCCCCCC)S(=O)(=O)O.[H-].[H-].[Na+].[Na+]. The van der Waals surface area contributed by atoms with Crippen LogP contribution in [0.2, 0.25) is 0 Å². The minimum absolute atomic E-state index is 0. The Kier molecular flexibility index (Phi) is 40.0. The van der Waals surface area contributed by atoms with E-state index in [4.69, 9.17) is 19.1 Å². The van der Waals surface area contributed by atoms with E-state index in [1.165, 1.54) is 44.9 Å². The molecule has 0 aromatic heterocycles. The van der Waals surface area contributed by atoms with Gasteiger partial charge in [-0.2, -0.15) is 8.42 Å². The molecule has 12 heteroatoms. The number of carbonyl (C=O) groups excluding carboxylic acids is 2. The van der Waals surface area contributed by atoms with Crippen molar-refractivity contribution < 1.29 is 104 Å². The van der Waals surface area contributed by atoms with Crippen LogP contribution in [-0.2, 0) is 34.0 Å². The van der Waals surface area contributed by atoms with Gasteiger partial charge in [-0.1, -0.05) is 111 Å². The number of carbonyl (C=O) groups is 3. The molecule has 0 heterocycles. The van der Waals surface area contributed by atoms with E-state index in [0.29, 0.717) is 19.3 Å². The average Bonchev–Trinajstić information content (AvgIpc) is 2.85. The Bertz CT molecular complexity index is 715. The molecule has 9 nitrogen and oxygen atoms in total. The summed E-state index contributed by atoms with van der Waals surface area (Å²) < 4.78 is 41.5. The molecule has 0 amide bonds. The van der Waals surface area contributed by atoms with Gasteiger partial charge in [-0.15, -0.1) is 0 Å². The van der Waals surface area contributed by atoms with Crippen molar-refractivity contribution in [1.82, 2.24) is 0 Å². The Labute approximate surface area is 291 Å². The molecule has 0 saturated heterocycles. The fourth-order valence-corrected chi connectivity index (χ4v) is 4.27. The van der Waals surface area contributed by atoms with Gasteiger partial charge in [0, 0.05) is 6.42 Å². The van der Waals surface area contributed by atoms with E-state index in [-0.39, 0.29) is 75.2 Å². The van der Waals surface area contributed by atoms with Crippen LogP contribution in [0.4, 0.5) is 0 Å². The number of carboxylic acids is 1. The number of rotatable bonds is 24. The molecule has 0 fully saturated rings. The van der Waals surface area contributed by atoms with Crippen LogP contribution in [0, 0.1) is 0 Å². The number of hydrogen-bond donors (Lipinski definition) is 2. The molecule has 0 saturated carbocycles. The van der Waals surface area contributed by atoms with E-state index in [0.717, 1.165) is 51.4 Å². The third-order valence-corrected chi connectivity index (χ3v) is 7.05. The van der Waals surface area contributed by atoms with E-state index < -0.39 is 39.7 Å².